The van der Waals surface area contributed by atoms with Gasteiger partial charge in [-0.15, -0.1) is 0 Å². The van der Waals surface area contributed by atoms with Crippen molar-refractivity contribution in [1.29, 1.82) is 1.43 Å². The molecule has 2 heterocycles. The highest BCUT2D eigenvalue weighted by Gasteiger charge is 2.64. The Labute approximate surface area is 134 Å². The van der Waals surface area contributed by atoms with Gasteiger partial charge in [0.05, 0.1) is 8.48 Å². The van der Waals surface area contributed by atoms with E-state index in [0.29, 0.717) is 17.9 Å². The number of benzene rings is 1. The Hall–Kier alpha value is -1.52. The summed E-state index contributed by atoms with van der Waals surface area (Å²) in [5, 5.41) is 4.84. The van der Waals surface area contributed by atoms with Crippen LogP contribution < -0.4 is 9.47 Å². The fourth-order valence-corrected chi connectivity index (χ4v) is 4.97. The number of likely N-dealkylation sites (N-methyl/N-ethyl adjacent to an activating group) is 1. The van der Waals surface area contributed by atoms with Crippen LogP contribution in [0.25, 0.3) is 0 Å². The number of nitrogens with zero attached hydrogens (tertiary/aromatic N) is 1. The lowest BCUT2D eigenvalue weighted by molar-refractivity contribution is -0.0453. The van der Waals surface area contributed by atoms with Crippen LogP contribution in [0, 0.1) is 5.92 Å². The number of likely N-dealkylation sites (tertiary alicyclic amines) is 1. The van der Waals surface area contributed by atoms with Gasteiger partial charge in [-0.25, -0.2) is 0 Å². The van der Waals surface area contributed by atoms with E-state index in [0.717, 1.165) is 24.1 Å². The first-order valence-corrected chi connectivity index (χ1v) is 7.82. The summed E-state index contributed by atoms with van der Waals surface area (Å²) in [7, 11) is 3.61. The van der Waals surface area contributed by atoms with Gasteiger partial charge in [-0.2, -0.15) is 0 Å². The van der Waals surface area contributed by atoms with Crippen molar-refractivity contribution in [1.82, 2.24) is 4.90 Å². The highest BCUT2D eigenvalue weighted by atomic mass is 16.5. The minimum Gasteiger partial charge on any atom is -0.493 e. The molecule has 2 aliphatic heterocycles. The highest BCUT2D eigenvalue weighted by Crippen LogP contribution is 2.62. The number of aliphatic hydroxyl groups is 1. The minimum atomic E-state index is -1.59. The smallest absolute Gasteiger partial charge is 0.211 e. The molecule has 4 heteroatoms. The molecule has 5 rings (SSSR count). The van der Waals surface area contributed by atoms with Crippen LogP contribution in [-0.2, 0) is 11.8 Å². The largest absolute Gasteiger partial charge is 0.493 e. The van der Waals surface area contributed by atoms with E-state index < -0.39 is 23.6 Å². The summed E-state index contributed by atoms with van der Waals surface area (Å²) in [6, 6.07) is 3.11. The zero-order valence-electron chi connectivity index (χ0n) is 15.8. The SMILES string of the molecule is [2H]OC1([2H])C=C[C@@H]2[C@@]34CCN(C)[C@]2([2H])Cc2ccc(OC)c(c23)OC14. The first-order chi connectivity index (χ1) is 11.9. The summed E-state index contributed by atoms with van der Waals surface area (Å²) >= 11 is 0. The third-order valence-corrected chi connectivity index (χ3v) is 5.94. The van der Waals surface area contributed by atoms with Gasteiger partial charge in [0.2, 0.25) is 1.43 Å². The molecule has 1 aromatic rings. The van der Waals surface area contributed by atoms with E-state index in [9.17, 15) is 1.37 Å². The zero-order valence-corrected chi connectivity index (χ0v) is 12.8. The molecular weight excluding hydrogens is 278 g/mol. The lowest BCUT2D eigenvalue weighted by Gasteiger charge is -2.56. The van der Waals surface area contributed by atoms with E-state index in [2.05, 4.69) is 4.90 Å². The topological polar surface area (TPSA) is 41.9 Å². The second-order valence-corrected chi connectivity index (χ2v) is 6.75. The Balaban J connectivity index is 1.85. The lowest BCUT2D eigenvalue weighted by Crippen LogP contribution is -2.64. The standard InChI is InChI=1S/C18H21NO3/c1-19-8-7-18-11-4-5-13(20)17(18)22-16-14(21-2)6-3-10(15(16)18)9-12(11)19/h3-6,11-13,17,20H,7-9H2,1-2H3/t11-,12+,13?,17?,18-/m0/s1/i12D,13D,20D. The molecule has 1 N–H and O–H groups in total. The van der Waals surface area contributed by atoms with Gasteiger partial charge in [-0.3, -0.25) is 0 Å². The molecule has 4 nitrogen and oxygen atoms in total. The Bertz CT molecular complexity index is 802. The van der Waals surface area contributed by atoms with Gasteiger partial charge >= 0.3 is 0 Å². The first kappa shape index (κ1) is 10.3. The predicted molar refractivity (Wildman–Crippen MR) is 82.5 cm³/mol. The maximum Gasteiger partial charge on any atom is 0.211 e. The summed E-state index contributed by atoms with van der Waals surface area (Å²) in [5.74, 6) is 1.20. The number of hydrogen-bond acceptors (Lipinski definition) is 4. The molecule has 116 valence electrons. The van der Waals surface area contributed by atoms with Crippen LogP contribution in [0.1, 0.15) is 20.3 Å². The minimum absolute atomic E-state index is 0.113. The molecular formula is C18H21NO3. The molecule has 2 unspecified atom stereocenters. The van der Waals surface area contributed by atoms with E-state index in [1.165, 1.54) is 0 Å². The van der Waals surface area contributed by atoms with Crippen molar-refractivity contribution >= 4 is 0 Å². The molecule has 1 fully saturated rings. The van der Waals surface area contributed by atoms with Gasteiger partial charge in [0, 0.05) is 24.3 Å². The third kappa shape index (κ3) is 1.28. The summed E-state index contributed by atoms with van der Waals surface area (Å²) in [6.45, 7) is 0.748. The molecule has 2 bridgehead atoms. The van der Waals surface area contributed by atoms with Gasteiger partial charge in [0.1, 0.15) is 12.2 Å². The van der Waals surface area contributed by atoms with Crippen LogP contribution in [0.2, 0.25) is 0 Å². The van der Waals surface area contributed by atoms with Crippen LogP contribution in [0.15, 0.2) is 24.3 Å². The molecule has 2 aliphatic carbocycles. The van der Waals surface area contributed by atoms with Crippen molar-refractivity contribution in [2.24, 2.45) is 5.92 Å². The van der Waals surface area contributed by atoms with Crippen molar-refractivity contribution in [2.45, 2.75) is 36.5 Å². The molecule has 0 aromatic heterocycles. The highest BCUT2D eigenvalue weighted by molar-refractivity contribution is 5.62. The predicted octanol–water partition coefficient (Wildman–Crippen LogP) is 1.50. The molecule has 5 atom stereocenters. The molecule has 1 spiro atoms. The zero-order chi connectivity index (χ0) is 17.6. The van der Waals surface area contributed by atoms with Crippen LogP contribution in [-0.4, -0.2) is 50.3 Å². The number of ether oxygens (including phenoxy) is 2. The van der Waals surface area contributed by atoms with E-state index in [1.54, 1.807) is 13.2 Å². The molecule has 0 amide bonds. The van der Waals surface area contributed by atoms with E-state index >= 15 is 0 Å². The van der Waals surface area contributed by atoms with Crippen molar-refractivity contribution in [3.8, 4) is 11.5 Å². The van der Waals surface area contributed by atoms with E-state index in [4.69, 9.17) is 17.4 Å². The summed E-state index contributed by atoms with van der Waals surface area (Å²) < 4.78 is 37.2. The van der Waals surface area contributed by atoms with Crippen LogP contribution in [0.5, 0.6) is 11.5 Å². The summed E-state index contributed by atoms with van der Waals surface area (Å²) in [6.07, 6.45) is 2.64. The number of hydrogen-bond donors (Lipinski definition) is 1. The fraction of sp³-hybridized carbons (Fsp3) is 0.556. The molecule has 0 radical (unpaired) electrons. The van der Waals surface area contributed by atoms with Gasteiger partial charge in [-0.1, -0.05) is 18.2 Å². The Morgan fingerprint density at radius 2 is 2.41 bits per heavy atom. The molecule has 22 heavy (non-hydrogen) atoms. The van der Waals surface area contributed by atoms with E-state index in [1.807, 2.05) is 25.3 Å². The second-order valence-electron chi connectivity index (χ2n) is 6.75. The van der Waals surface area contributed by atoms with Crippen LogP contribution in [0.4, 0.5) is 0 Å². The maximum absolute atomic E-state index is 9.24. The average Bonchev–Trinajstić information content (AvgIpc) is 2.96. The summed E-state index contributed by atoms with van der Waals surface area (Å²) in [4.78, 5) is 2.11. The fourth-order valence-electron chi connectivity index (χ4n) is 4.97. The molecule has 1 aromatic carbocycles. The number of methoxy groups -OCH3 is 1. The number of rotatable bonds is 2. The molecule has 1 saturated heterocycles. The monoisotopic (exact) mass is 302 g/mol. The van der Waals surface area contributed by atoms with Crippen LogP contribution in [0.3, 0.4) is 0 Å². The summed E-state index contributed by atoms with van der Waals surface area (Å²) in [5.41, 5.74) is 1.62. The van der Waals surface area contributed by atoms with Gasteiger partial charge < -0.3 is 19.5 Å². The Morgan fingerprint density at radius 1 is 1.50 bits per heavy atom. The number of piperidine rings is 1. The van der Waals surface area contributed by atoms with Gasteiger partial charge in [0.15, 0.2) is 11.5 Å². The van der Waals surface area contributed by atoms with Crippen molar-refractivity contribution in [3.05, 3.63) is 35.4 Å². The normalized spacial score (nSPS) is 49.6. The van der Waals surface area contributed by atoms with Gasteiger partial charge in [-0.05, 0) is 38.1 Å². The third-order valence-electron chi connectivity index (χ3n) is 5.94. The average molecular weight is 302 g/mol. The maximum atomic E-state index is 9.24. The molecule has 0 saturated carbocycles. The first-order valence-electron chi connectivity index (χ1n) is 9.23. The quantitative estimate of drug-likeness (QED) is 0.841. The van der Waals surface area contributed by atoms with Gasteiger partial charge in [0.25, 0.3) is 0 Å². The molecule has 4 aliphatic rings. The van der Waals surface area contributed by atoms with Crippen molar-refractivity contribution in [3.63, 3.8) is 0 Å². The Morgan fingerprint density at radius 3 is 3.23 bits per heavy atom. The Kier molecular flexibility index (Phi) is 1.90. The second kappa shape index (κ2) is 4.06. The van der Waals surface area contributed by atoms with Crippen molar-refractivity contribution < 1.29 is 17.3 Å². The van der Waals surface area contributed by atoms with Crippen molar-refractivity contribution in [2.75, 3.05) is 20.7 Å². The van der Waals surface area contributed by atoms with Crippen LogP contribution >= 0.6 is 0 Å². The lowest BCUT2D eigenvalue weighted by atomic mass is 9.53. The van der Waals surface area contributed by atoms with E-state index in [-0.39, 0.29) is 5.92 Å².